The largest absolute Gasteiger partial charge is 0.490 e. The first-order valence-corrected chi connectivity index (χ1v) is 6.37. The number of hydrogen-bond acceptors (Lipinski definition) is 7. The Labute approximate surface area is 125 Å². The molecule has 1 heterocycles. The Morgan fingerprint density at radius 3 is 2.64 bits per heavy atom. The number of methoxy groups -OCH3 is 1. The van der Waals surface area contributed by atoms with E-state index in [1.807, 2.05) is 0 Å². The van der Waals surface area contributed by atoms with Crippen LogP contribution < -0.4 is 15.2 Å². The molecule has 0 aliphatic carbocycles. The summed E-state index contributed by atoms with van der Waals surface area (Å²) in [4.78, 5) is 21.5. The summed E-state index contributed by atoms with van der Waals surface area (Å²) in [6, 6.07) is 2.46. The predicted octanol–water partition coefficient (Wildman–Crippen LogP) is 1.27. The summed E-state index contributed by atoms with van der Waals surface area (Å²) in [5.74, 6) is 0.0753. The number of hydrogen-bond donors (Lipinski definition) is 2. The van der Waals surface area contributed by atoms with Crippen molar-refractivity contribution in [2.24, 2.45) is 5.73 Å². The third-order valence-corrected chi connectivity index (χ3v) is 3.43. The zero-order chi connectivity index (χ0) is 16.7. The van der Waals surface area contributed by atoms with E-state index < -0.39 is 28.8 Å². The number of benzene rings is 1. The summed E-state index contributed by atoms with van der Waals surface area (Å²) >= 11 is 0. The molecule has 2 unspecified atom stereocenters. The number of primary amides is 1. The predicted molar refractivity (Wildman–Crippen MR) is 73.8 cm³/mol. The first-order chi connectivity index (χ1) is 10.2. The highest BCUT2D eigenvalue weighted by Gasteiger charge is 2.46. The van der Waals surface area contributed by atoms with E-state index in [1.54, 1.807) is 13.8 Å². The van der Waals surface area contributed by atoms with Crippen molar-refractivity contribution in [2.75, 3.05) is 7.11 Å². The van der Waals surface area contributed by atoms with Crippen molar-refractivity contribution in [3.05, 3.63) is 27.8 Å². The van der Waals surface area contributed by atoms with Crippen molar-refractivity contribution in [1.82, 2.24) is 0 Å². The molecule has 0 radical (unpaired) electrons. The fourth-order valence-electron chi connectivity index (χ4n) is 2.31. The van der Waals surface area contributed by atoms with Gasteiger partial charge in [0.15, 0.2) is 11.9 Å². The molecule has 0 saturated heterocycles. The number of amides is 1. The molecule has 0 saturated carbocycles. The molecule has 1 aliphatic heterocycles. The fraction of sp³-hybridized carbons (Fsp3) is 0.462. The number of nitrogens with zero attached hydrogens (tertiary/aromatic N) is 1. The molecule has 22 heavy (non-hydrogen) atoms. The summed E-state index contributed by atoms with van der Waals surface area (Å²) in [7, 11) is 1.27. The van der Waals surface area contributed by atoms with Gasteiger partial charge in [-0.15, -0.1) is 0 Å². The Balaban J connectivity index is 2.62. The molecule has 1 aromatic carbocycles. The van der Waals surface area contributed by atoms with Gasteiger partial charge in [-0.25, -0.2) is 4.79 Å². The van der Waals surface area contributed by atoms with Crippen LogP contribution in [-0.2, 0) is 4.74 Å². The van der Waals surface area contributed by atoms with E-state index in [0.717, 1.165) is 0 Å². The lowest BCUT2D eigenvalue weighted by Gasteiger charge is -2.41. The molecule has 1 aromatic rings. The van der Waals surface area contributed by atoms with Crippen molar-refractivity contribution in [3.8, 4) is 11.5 Å². The number of aliphatic hydroxyl groups excluding tert-OH is 1. The number of ether oxygens (including phenoxy) is 3. The van der Waals surface area contributed by atoms with Crippen LogP contribution in [0.4, 0.5) is 10.5 Å². The molecule has 0 aromatic heterocycles. The molecule has 120 valence electrons. The summed E-state index contributed by atoms with van der Waals surface area (Å²) in [5.41, 5.74) is 3.84. The van der Waals surface area contributed by atoms with E-state index in [4.69, 9.17) is 19.9 Å². The van der Waals surface area contributed by atoms with Crippen LogP contribution in [0.1, 0.15) is 25.5 Å². The van der Waals surface area contributed by atoms with Gasteiger partial charge in [0.05, 0.1) is 18.1 Å². The maximum absolute atomic E-state index is 11.1. The van der Waals surface area contributed by atoms with Crippen LogP contribution >= 0.6 is 0 Å². The van der Waals surface area contributed by atoms with Crippen molar-refractivity contribution < 1.29 is 29.0 Å². The molecule has 2 atom stereocenters. The lowest BCUT2D eigenvalue weighted by atomic mass is 9.88. The van der Waals surface area contributed by atoms with Gasteiger partial charge in [-0.3, -0.25) is 10.1 Å². The molecule has 0 fully saturated rings. The van der Waals surface area contributed by atoms with Crippen LogP contribution in [0.5, 0.6) is 11.5 Å². The lowest BCUT2D eigenvalue weighted by molar-refractivity contribution is -0.385. The third kappa shape index (κ3) is 2.62. The minimum absolute atomic E-state index is 0.0441. The minimum Gasteiger partial charge on any atom is -0.490 e. The van der Waals surface area contributed by atoms with E-state index in [0.29, 0.717) is 0 Å². The maximum atomic E-state index is 11.1. The summed E-state index contributed by atoms with van der Waals surface area (Å²) < 4.78 is 15.5. The zero-order valence-electron chi connectivity index (χ0n) is 12.2. The average molecular weight is 312 g/mol. The first-order valence-electron chi connectivity index (χ1n) is 6.37. The Hall–Kier alpha value is -2.55. The number of aliphatic hydroxyl groups is 1. The Bertz CT molecular complexity index is 629. The second-order valence-electron chi connectivity index (χ2n) is 5.33. The number of carbonyl (C=O) groups is 1. The van der Waals surface area contributed by atoms with Gasteiger partial charge >= 0.3 is 11.8 Å². The number of fused-ring (bicyclic) bond motifs is 1. The normalized spacial score (nSPS) is 22.2. The van der Waals surface area contributed by atoms with Gasteiger partial charge in [0.25, 0.3) is 0 Å². The second-order valence-corrected chi connectivity index (χ2v) is 5.33. The van der Waals surface area contributed by atoms with Gasteiger partial charge in [0.2, 0.25) is 0 Å². The van der Waals surface area contributed by atoms with Gasteiger partial charge in [-0.2, -0.15) is 0 Å². The lowest BCUT2D eigenvalue weighted by Crippen LogP contribution is -2.50. The molecule has 2 rings (SSSR count). The Morgan fingerprint density at radius 1 is 1.50 bits per heavy atom. The molecule has 0 bridgehead atoms. The molecule has 9 heteroatoms. The molecule has 9 nitrogen and oxygen atoms in total. The highest BCUT2D eigenvalue weighted by atomic mass is 16.6. The van der Waals surface area contributed by atoms with Crippen molar-refractivity contribution in [3.63, 3.8) is 0 Å². The Morgan fingerprint density at radius 2 is 2.14 bits per heavy atom. The molecule has 1 amide bonds. The number of rotatable bonds is 3. The van der Waals surface area contributed by atoms with E-state index in [-0.39, 0.29) is 22.7 Å². The van der Waals surface area contributed by atoms with Crippen molar-refractivity contribution in [1.29, 1.82) is 0 Å². The highest BCUT2D eigenvalue weighted by Crippen LogP contribution is 2.46. The van der Waals surface area contributed by atoms with E-state index >= 15 is 0 Å². The standard InChI is InChI=1S/C13H16N2O7/c1-13(2)11(16)10(21-12(14)17)6-4-9(20-3)7(15(18)19)5-8(6)22-13/h4-5,10-11,16H,1-3H3,(H2,14,17). The van der Waals surface area contributed by atoms with Crippen molar-refractivity contribution in [2.45, 2.75) is 31.7 Å². The number of nitrogens with two attached hydrogens (primary N) is 1. The van der Waals surface area contributed by atoms with Gasteiger partial charge in [0.1, 0.15) is 17.5 Å². The van der Waals surface area contributed by atoms with Crippen molar-refractivity contribution >= 4 is 11.8 Å². The fourth-order valence-corrected chi connectivity index (χ4v) is 2.31. The number of nitro benzene ring substituents is 1. The quantitative estimate of drug-likeness (QED) is 0.634. The topological polar surface area (TPSA) is 134 Å². The minimum atomic E-state index is -1.21. The van der Waals surface area contributed by atoms with Crippen LogP contribution in [0.15, 0.2) is 12.1 Å². The molecule has 0 spiro atoms. The summed E-state index contributed by atoms with van der Waals surface area (Å²) in [6.07, 6.45) is -3.41. The zero-order valence-corrected chi connectivity index (χ0v) is 12.2. The van der Waals surface area contributed by atoms with Gasteiger partial charge in [-0.05, 0) is 19.9 Å². The molecule has 1 aliphatic rings. The van der Waals surface area contributed by atoms with Gasteiger partial charge in [0, 0.05) is 5.56 Å². The molecule has 3 N–H and O–H groups in total. The third-order valence-electron chi connectivity index (χ3n) is 3.43. The van der Waals surface area contributed by atoms with Crippen LogP contribution in [0.25, 0.3) is 0 Å². The first kappa shape index (κ1) is 15.8. The van der Waals surface area contributed by atoms with E-state index in [9.17, 15) is 20.0 Å². The van der Waals surface area contributed by atoms with Crippen LogP contribution in [0, 0.1) is 10.1 Å². The smallest absolute Gasteiger partial charge is 0.405 e. The summed E-state index contributed by atoms with van der Waals surface area (Å²) in [5, 5.41) is 21.4. The van der Waals surface area contributed by atoms with Crippen LogP contribution in [0.2, 0.25) is 0 Å². The number of nitro groups is 1. The van der Waals surface area contributed by atoms with E-state index in [2.05, 4.69) is 0 Å². The maximum Gasteiger partial charge on any atom is 0.405 e. The monoisotopic (exact) mass is 312 g/mol. The highest BCUT2D eigenvalue weighted by molar-refractivity contribution is 5.66. The molecular weight excluding hydrogens is 296 g/mol. The van der Waals surface area contributed by atoms with Gasteiger partial charge in [-0.1, -0.05) is 0 Å². The van der Waals surface area contributed by atoms with Crippen LogP contribution in [-0.4, -0.2) is 34.9 Å². The van der Waals surface area contributed by atoms with E-state index in [1.165, 1.54) is 19.2 Å². The average Bonchev–Trinajstić information content (AvgIpc) is 2.42. The Kier molecular flexibility index (Phi) is 3.84. The molecular formula is C13H16N2O7. The van der Waals surface area contributed by atoms with Crippen LogP contribution in [0.3, 0.4) is 0 Å². The SMILES string of the molecule is COc1cc2c(cc1[N+](=O)[O-])OC(C)(C)C(O)C2OC(N)=O. The second kappa shape index (κ2) is 5.34. The van der Waals surface area contributed by atoms with Gasteiger partial charge < -0.3 is 25.1 Å². The number of carbonyl (C=O) groups excluding carboxylic acids is 1. The summed E-state index contributed by atoms with van der Waals surface area (Å²) in [6.45, 7) is 3.13.